The van der Waals surface area contributed by atoms with Crippen LogP contribution in [0.3, 0.4) is 0 Å². The fourth-order valence-electron chi connectivity index (χ4n) is 4.45. The summed E-state index contributed by atoms with van der Waals surface area (Å²) in [7, 11) is 1.67. The van der Waals surface area contributed by atoms with Crippen LogP contribution >= 0.6 is 0 Å². The summed E-state index contributed by atoms with van der Waals surface area (Å²) in [6.45, 7) is 3.10. The Labute approximate surface area is 200 Å². The lowest BCUT2D eigenvalue weighted by atomic mass is 9.95. The molecule has 2 atom stereocenters. The van der Waals surface area contributed by atoms with Crippen molar-refractivity contribution in [3.8, 4) is 5.75 Å². The predicted molar refractivity (Wildman–Crippen MR) is 122 cm³/mol. The number of rotatable bonds is 9. The zero-order chi connectivity index (χ0) is 25.2. The van der Waals surface area contributed by atoms with Crippen molar-refractivity contribution in [3.63, 3.8) is 0 Å². The van der Waals surface area contributed by atoms with Gasteiger partial charge in [0.15, 0.2) is 11.3 Å². The topological polar surface area (TPSA) is 84.7 Å². The first-order valence-electron chi connectivity index (χ1n) is 11.3. The van der Waals surface area contributed by atoms with Gasteiger partial charge in [-0.3, -0.25) is 14.6 Å². The molecule has 2 unspecified atom stereocenters. The number of pyridine rings is 1. The van der Waals surface area contributed by atoms with E-state index in [0.717, 1.165) is 36.8 Å². The van der Waals surface area contributed by atoms with Gasteiger partial charge in [-0.25, -0.2) is 0 Å². The van der Waals surface area contributed by atoms with E-state index in [-0.39, 0.29) is 34.3 Å². The van der Waals surface area contributed by atoms with E-state index < -0.39 is 6.36 Å². The highest BCUT2D eigenvalue weighted by Crippen LogP contribution is 2.57. The third-order valence-corrected chi connectivity index (χ3v) is 6.75. The zero-order valence-corrected chi connectivity index (χ0v) is 19.4. The third kappa shape index (κ3) is 5.75. The van der Waals surface area contributed by atoms with Crippen LogP contribution in [-0.2, 0) is 0 Å². The number of hydrogen-bond acceptors (Lipinski definition) is 5. The van der Waals surface area contributed by atoms with Crippen LogP contribution in [0.25, 0.3) is 11.0 Å². The summed E-state index contributed by atoms with van der Waals surface area (Å²) < 4.78 is 46.3. The van der Waals surface area contributed by atoms with Crippen LogP contribution in [0.2, 0.25) is 0 Å². The third-order valence-electron chi connectivity index (χ3n) is 6.75. The largest absolute Gasteiger partial charge is 0.573 e. The Morgan fingerprint density at radius 1 is 1.26 bits per heavy atom. The first kappa shape index (κ1) is 24.6. The molecule has 0 radical (unpaired) electrons. The number of nitrogens with zero attached hydrogens (tertiary/aromatic N) is 2. The normalized spacial score (nSPS) is 19.4. The van der Waals surface area contributed by atoms with Crippen molar-refractivity contribution in [2.24, 2.45) is 11.3 Å². The van der Waals surface area contributed by atoms with E-state index >= 15 is 0 Å². The Bertz CT molecular complexity index is 1180. The Kier molecular flexibility index (Phi) is 6.73. The fourth-order valence-corrected chi connectivity index (χ4v) is 4.45. The fraction of sp³-hybridized carbons (Fsp3) is 0.400. The second-order valence-corrected chi connectivity index (χ2v) is 8.90. The van der Waals surface area contributed by atoms with Gasteiger partial charge < -0.3 is 19.4 Å². The van der Waals surface area contributed by atoms with Crippen molar-refractivity contribution in [1.29, 1.82) is 0 Å². The number of carbonyl (C=O) groups excluding carboxylic acids is 2. The number of benzene rings is 1. The number of fused-ring (bicyclic) bond motifs is 1. The summed E-state index contributed by atoms with van der Waals surface area (Å²) in [5, 5.41) is 3.76. The lowest BCUT2D eigenvalue weighted by molar-refractivity contribution is -0.274. The smallest absolute Gasteiger partial charge is 0.449 e. The van der Waals surface area contributed by atoms with Crippen LogP contribution in [0.4, 0.5) is 13.2 Å². The van der Waals surface area contributed by atoms with Crippen molar-refractivity contribution >= 4 is 22.8 Å². The Balaban J connectivity index is 1.27. The van der Waals surface area contributed by atoms with Crippen molar-refractivity contribution < 1.29 is 31.9 Å². The molecule has 1 N–H and O–H groups in total. The molecule has 3 aromatic rings. The van der Waals surface area contributed by atoms with Crippen LogP contribution in [0, 0.1) is 11.3 Å². The van der Waals surface area contributed by atoms with Gasteiger partial charge in [0.05, 0.1) is 6.20 Å². The van der Waals surface area contributed by atoms with E-state index in [0.29, 0.717) is 24.6 Å². The molecule has 1 fully saturated rings. The minimum Gasteiger partial charge on any atom is -0.449 e. The quantitative estimate of drug-likeness (QED) is 0.456. The van der Waals surface area contributed by atoms with E-state index in [2.05, 4.69) is 22.0 Å². The SMILES string of the molecule is CCC1(CCN(C)C(=O)c2ccc(OC(F)(F)F)cc2)CC1CNC(=O)c1cc2ccncc2o1. The molecule has 186 valence electrons. The summed E-state index contributed by atoms with van der Waals surface area (Å²) in [5.74, 6) is -0.385. The second kappa shape index (κ2) is 9.59. The molecule has 1 aliphatic carbocycles. The van der Waals surface area contributed by atoms with E-state index in [4.69, 9.17) is 4.42 Å². The Hall–Kier alpha value is -3.56. The molecule has 4 rings (SSSR count). The highest BCUT2D eigenvalue weighted by molar-refractivity contribution is 5.96. The highest BCUT2D eigenvalue weighted by atomic mass is 19.4. The molecule has 1 aromatic carbocycles. The minimum atomic E-state index is -4.78. The lowest BCUT2D eigenvalue weighted by Gasteiger charge is -2.22. The van der Waals surface area contributed by atoms with Gasteiger partial charge in [-0.05, 0) is 60.6 Å². The Morgan fingerprint density at radius 3 is 2.66 bits per heavy atom. The summed E-state index contributed by atoms with van der Waals surface area (Å²) in [5.41, 5.74) is 0.875. The number of alkyl halides is 3. The molecular weight excluding hydrogens is 463 g/mol. The summed E-state index contributed by atoms with van der Waals surface area (Å²) >= 11 is 0. The number of hydrogen-bond donors (Lipinski definition) is 1. The van der Waals surface area contributed by atoms with Crippen LogP contribution in [-0.4, -0.2) is 48.2 Å². The maximum atomic E-state index is 12.7. The number of halogens is 3. The minimum absolute atomic E-state index is 0.0318. The first-order valence-corrected chi connectivity index (χ1v) is 11.3. The molecule has 0 spiro atoms. The summed E-state index contributed by atoms with van der Waals surface area (Å²) in [6.07, 6.45) is 1.04. The van der Waals surface area contributed by atoms with Gasteiger partial charge in [0.2, 0.25) is 0 Å². The summed E-state index contributed by atoms with van der Waals surface area (Å²) in [4.78, 5) is 30.7. The van der Waals surface area contributed by atoms with Crippen LogP contribution in [0.15, 0.2) is 53.2 Å². The standard InChI is InChI=1S/C25H26F3N3O4/c1-3-24(9-11-31(2)23(33)16-4-6-19(7-5-16)35-25(26,27)28)13-18(24)14-30-22(32)20-12-17-8-10-29-15-21(17)34-20/h4-8,10,12,15,18H,3,9,11,13-14H2,1-2H3,(H,30,32). The molecule has 0 aliphatic heterocycles. The van der Waals surface area contributed by atoms with E-state index in [9.17, 15) is 22.8 Å². The predicted octanol–water partition coefficient (Wildman–Crippen LogP) is 5.03. The van der Waals surface area contributed by atoms with Crippen molar-refractivity contribution in [3.05, 3.63) is 60.1 Å². The lowest BCUT2D eigenvalue weighted by Crippen LogP contribution is -2.31. The number of nitrogens with one attached hydrogen (secondary N) is 1. The van der Waals surface area contributed by atoms with Crippen molar-refractivity contribution in [1.82, 2.24) is 15.2 Å². The Morgan fingerprint density at radius 2 is 2.00 bits per heavy atom. The van der Waals surface area contributed by atoms with Gasteiger partial charge in [-0.2, -0.15) is 0 Å². The van der Waals surface area contributed by atoms with E-state index in [1.807, 2.05) is 0 Å². The molecule has 7 nitrogen and oxygen atoms in total. The van der Waals surface area contributed by atoms with Gasteiger partial charge in [-0.1, -0.05) is 13.3 Å². The molecule has 1 aliphatic rings. The zero-order valence-electron chi connectivity index (χ0n) is 19.4. The molecular formula is C25H26F3N3O4. The van der Waals surface area contributed by atoms with Gasteiger partial charge in [-0.15, -0.1) is 13.2 Å². The number of ether oxygens (including phenoxy) is 1. The van der Waals surface area contributed by atoms with Crippen molar-refractivity contribution in [2.45, 2.75) is 32.5 Å². The average Bonchev–Trinajstić information content (AvgIpc) is 3.35. The van der Waals surface area contributed by atoms with Crippen molar-refractivity contribution in [2.75, 3.05) is 20.1 Å². The van der Waals surface area contributed by atoms with Gasteiger partial charge in [0.1, 0.15) is 5.75 Å². The first-order chi connectivity index (χ1) is 16.6. The molecule has 2 aromatic heterocycles. The number of aromatic nitrogens is 1. The molecule has 0 bridgehead atoms. The molecule has 35 heavy (non-hydrogen) atoms. The van der Waals surface area contributed by atoms with Crippen LogP contribution < -0.4 is 10.1 Å². The number of furan rings is 1. The second-order valence-electron chi connectivity index (χ2n) is 8.90. The maximum Gasteiger partial charge on any atom is 0.573 e. The van der Waals surface area contributed by atoms with E-state index in [1.165, 1.54) is 12.1 Å². The van der Waals surface area contributed by atoms with Gasteiger partial charge in [0.25, 0.3) is 11.8 Å². The monoisotopic (exact) mass is 489 g/mol. The van der Waals surface area contributed by atoms with Gasteiger partial charge >= 0.3 is 6.36 Å². The van der Waals surface area contributed by atoms with Crippen LogP contribution in [0.5, 0.6) is 5.75 Å². The molecule has 2 amide bonds. The molecule has 10 heteroatoms. The number of carbonyl (C=O) groups is 2. The highest BCUT2D eigenvalue weighted by Gasteiger charge is 2.51. The molecule has 1 saturated carbocycles. The maximum absolute atomic E-state index is 12.7. The van der Waals surface area contributed by atoms with E-state index in [1.54, 1.807) is 36.5 Å². The average molecular weight is 489 g/mol. The molecule has 2 heterocycles. The molecule has 0 saturated heterocycles. The van der Waals surface area contributed by atoms with Crippen LogP contribution in [0.1, 0.15) is 47.1 Å². The summed E-state index contributed by atoms with van der Waals surface area (Å²) in [6, 6.07) is 8.36. The van der Waals surface area contributed by atoms with Gasteiger partial charge in [0, 0.05) is 37.3 Å². The number of amides is 2.